The molecule has 23 aromatic rings. The predicted molar refractivity (Wildman–Crippen MR) is 483 cm³/mol. The largest absolute Gasteiger partial charge is 0.309 e. The van der Waals surface area contributed by atoms with E-state index >= 15 is 0 Å². The van der Waals surface area contributed by atoms with E-state index in [-0.39, 0.29) is 0 Å². The van der Waals surface area contributed by atoms with Crippen LogP contribution in [0.3, 0.4) is 0 Å². The van der Waals surface area contributed by atoms with Crippen molar-refractivity contribution >= 4 is 109 Å². The molecule has 0 radical (unpaired) electrons. The van der Waals surface area contributed by atoms with E-state index < -0.39 is 0 Å². The number of hydrogen-bond acceptors (Lipinski definition) is 3. The lowest BCUT2D eigenvalue weighted by Gasteiger charge is -2.17. The van der Waals surface area contributed by atoms with E-state index in [4.69, 9.17) is 9.97 Å². The summed E-state index contributed by atoms with van der Waals surface area (Å²) in [4.78, 5) is 11.4. The second-order valence-electron chi connectivity index (χ2n) is 30.3. The highest BCUT2D eigenvalue weighted by atomic mass is 15.0. The maximum Gasteiger partial charge on any atom is 0.160 e. The monoisotopic (exact) mass is 1470 g/mol. The van der Waals surface area contributed by atoms with Gasteiger partial charge in [0.1, 0.15) is 0 Å². The Hall–Kier alpha value is -15.8. The van der Waals surface area contributed by atoms with Crippen LogP contribution < -0.4 is 0 Å². The summed E-state index contributed by atoms with van der Waals surface area (Å²) in [5.74, 6) is 0.553. The van der Waals surface area contributed by atoms with E-state index in [1.54, 1.807) is 0 Å². The number of nitrogens with zero attached hydrogens (tertiary/aromatic N) is 7. The lowest BCUT2D eigenvalue weighted by atomic mass is 9.98. The van der Waals surface area contributed by atoms with Crippen molar-refractivity contribution in [1.82, 2.24) is 28.2 Å². The Kier molecular flexibility index (Phi) is 15.2. The van der Waals surface area contributed by atoms with Gasteiger partial charge in [-0.3, -0.25) is 0 Å². The molecule has 0 aliphatic rings. The van der Waals surface area contributed by atoms with Gasteiger partial charge in [0.25, 0.3) is 0 Å². The molecule has 0 saturated carbocycles. The van der Waals surface area contributed by atoms with Gasteiger partial charge < -0.3 is 18.3 Å². The molecule has 7 nitrogen and oxygen atoms in total. The molecule has 7 heteroatoms. The summed E-state index contributed by atoms with van der Waals surface area (Å²) in [6.07, 6.45) is 0. The lowest BCUT2D eigenvalue weighted by Crippen LogP contribution is -2.02. The Morgan fingerprint density at radius 3 is 0.845 bits per heavy atom. The Labute approximate surface area is 668 Å². The van der Waals surface area contributed by atoms with Crippen molar-refractivity contribution in [2.75, 3.05) is 0 Å². The van der Waals surface area contributed by atoms with Crippen LogP contribution in [0.2, 0.25) is 0 Å². The minimum Gasteiger partial charge on any atom is -0.309 e. The molecule has 0 bridgehead atoms. The van der Waals surface area contributed by atoms with Crippen LogP contribution in [-0.2, 0) is 0 Å². The summed E-state index contributed by atoms with van der Waals surface area (Å²) >= 11 is 0. The van der Waals surface area contributed by atoms with E-state index in [0.717, 1.165) is 171 Å². The van der Waals surface area contributed by atoms with E-state index in [1.807, 2.05) is 18.2 Å². The molecule has 0 N–H and O–H groups in total. The third-order valence-corrected chi connectivity index (χ3v) is 23.7. The minimum atomic E-state index is 0.553. The molecule has 0 saturated heterocycles. The first-order valence-electron chi connectivity index (χ1n) is 39.5. The molecule has 0 aliphatic heterocycles. The van der Waals surface area contributed by atoms with Crippen molar-refractivity contribution in [2.24, 2.45) is 0 Å². The quantitative estimate of drug-likeness (QED) is 0.114. The smallest absolute Gasteiger partial charge is 0.160 e. The zero-order valence-electron chi connectivity index (χ0n) is 62.8. The number of fused-ring (bicyclic) bond motifs is 15. The van der Waals surface area contributed by atoms with Gasteiger partial charge in [-0.15, -0.1) is 0 Å². The zero-order valence-corrected chi connectivity index (χ0v) is 62.8. The molecule has 5 heterocycles. The molecule has 0 spiro atoms. The fourth-order valence-electron chi connectivity index (χ4n) is 18.3. The molecule has 116 heavy (non-hydrogen) atoms. The fraction of sp³-hybridized carbons (Fsp3) is 0. The van der Waals surface area contributed by atoms with Gasteiger partial charge in [-0.05, 0) is 235 Å². The first-order chi connectivity index (χ1) is 57.4. The van der Waals surface area contributed by atoms with Gasteiger partial charge >= 0.3 is 0 Å². The standard InChI is InChI=1S/C109H67N7/c110-68-69-22-21-32-83(56-69)108-107-89-37-20-19-31-74(89)38-47-98(107)111-109(112-108)84-57-87(115-103-50-41-77(72-27-11-3-12-28-72)61-92(103)96-65-81(45-54-105(96)115)79-43-52-101-94(63-79)90-59-75(70-23-7-1-8-24-70)39-48-99(90)113(101)85-33-15-5-16-34-85)67-88(58-84)116-104-51-42-78(73-29-13-4-14-30-73)62-93(104)97-66-82(46-55-106(97)116)80-44-53-102-95(64-80)91-60-76(71-25-9-2-10-26-71)40-49-100(91)114(102)86-35-17-6-18-36-86/h1-67H. The highest BCUT2D eigenvalue weighted by Crippen LogP contribution is 2.46. The first-order valence-corrected chi connectivity index (χ1v) is 39.5. The summed E-state index contributed by atoms with van der Waals surface area (Å²) in [5.41, 5.74) is 30.4. The summed E-state index contributed by atoms with van der Waals surface area (Å²) in [7, 11) is 0. The van der Waals surface area contributed by atoms with Gasteiger partial charge in [-0.2, -0.15) is 5.26 Å². The second kappa shape index (κ2) is 26.8. The highest BCUT2D eigenvalue weighted by molar-refractivity contribution is 6.18. The number of benzene rings is 18. The molecule has 18 aromatic carbocycles. The van der Waals surface area contributed by atoms with Crippen molar-refractivity contribution in [3.05, 3.63) is 412 Å². The van der Waals surface area contributed by atoms with Crippen LogP contribution >= 0.6 is 0 Å². The molecule has 0 fully saturated rings. The first kappa shape index (κ1) is 66.1. The average molecular weight is 1470 g/mol. The van der Waals surface area contributed by atoms with E-state index in [1.165, 1.54) is 43.8 Å². The fourth-order valence-corrected chi connectivity index (χ4v) is 18.3. The molecule has 538 valence electrons. The van der Waals surface area contributed by atoms with Crippen molar-refractivity contribution in [2.45, 2.75) is 0 Å². The van der Waals surface area contributed by atoms with Crippen LogP contribution in [0, 0.1) is 11.3 Å². The predicted octanol–water partition coefficient (Wildman–Crippen LogP) is 28.4. The Balaban J connectivity index is 0.769. The van der Waals surface area contributed by atoms with Gasteiger partial charge in [0.15, 0.2) is 5.82 Å². The van der Waals surface area contributed by atoms with E-state index in [2.05, 4.69) is 413 Å². The van der Waals surface area contributed by atoms with Crippen molar-refractivity contribution in [1.29, 1.82) is 5.26 Å². The van der Waals surface area contributed by atoms with Crippen LogP contribution in [0.15, 0.2) is 406 Å². The molecule has 0 atom stereocenters. The number of nitriles is 1. The Morgan fingerprint density at radius 2 is 0.500 bits per heavy atom. The van der Waals surface area contributed by atoms with Gasteiger partial charge in [-0.1, -0.05) is 249 Å². The van der Waals surface area contributed by atoms with Crippen molar-refractivity contribution in [3.63, 3.8) is 0 Å². The van der Waals surface area contributed by atoms with Crippen LogP contribution in [0.1, 0.15) is 5.56 Å². The number of aromatic nitrogens is 6. The lowest BCUT2D eigenvalue weighted by molar-refractivity contribution is 1.13. The molecular formula is C109H67N7. The molecule has 5 aromatic heterocycles. The SMILES string of the molecule is N#Cc1cccc(-c2nc(-c3cc(-n4c5ccc(-c6ccccc6)cc5c5cc(-c6ccc7c(c6)c6cc(-c8ccccc8)ccc6n7-c6ccccc6)ccc54)cc(-n4c5ccc(-c6ccccc6)cc5c5cc(-c6ccc7c(c6)c6cc(-c8ccccc8)ccc6n7-c6ccccc6)ccc54)c3)nc3ccc4ccccc4c23)c1. The summed E-state index contributed by atoms with van der Waals surface area (Å²) in [6.45, 7) is 0. The van der Waals surface area contributed by atoms with E-state index in [9.17, 15) is 5.26 Å². The second-order valence-corrected chi connectivity index (χ2v) is 30.3. The van der Waals surface area contributed by atoms with Crippen LogP contribution in [-0.4, -0.2) is 28.2 Å². The normalized spacial score (nSPS) is 11.8. The maximum absolute atomic E-state index is 10.5. The average Bonchev–Trinajstić information content (AvgIpc) is 1.56. The maximum atomic E-state index is 10.5. The van der Waals surface area contributed by atoms with Crippen LogP contribution in [0.25, 0.3) is 221 Å². The van der Waals surface area contributed by atoms with Gasteiger partial charge in [0.2, 0.25) is 0 Å². The van der Waals surface area contributed by atoms with Gasteiger partial charge in [0.05, 0.1) is 67.0 Å². The molecule has 0 aliphatic carbocycles. The summed E-state index contributed by atoms with van der Waals surface area (Å²) in [6, 6.07) is 150. The summed E-state index contributed by atoms with van der Waals surface area (Å²) in [5, 5.41) is 22.7. The molecule has 0 amide bonds. The van der Waals surface area contributed by atoms with Crippen LogP contribution in [0.5, 0.6) is 0 Å². The molecular weight excluding hydrogens is 1410 g/mol. The van der Waals surface area contributed by atoms with Crippen molar-refractivity contribution in [3.8, 4) is 118 Å². The highest BCUT2D eigenvalue weighted by Gasteiger charge is 2.25. The summed E-state index contributed by atoms with van der Waals surface area (Å²) < 4.78 is 9.71. The zero-order chi connectivity index (χ0) is 76.5. The number of rotatable bonds is 12. The van der Waals surface area contributed by atoms with Gasteiger partial charge in [0, 0.05) is 82.4 Å². The topological polar surface area (TPSA) is 69.3 Å². The molecule has 0 unspecified atom stereocenters. The third-order valence-electron chi connectivity index (χ3n) is 23.7. The van der Waals surface area contributed by atoms with E-state index in [0.29, 0.717) is 11.4 Å². The minimum absolute atomic E-state index is 0.553. The number of hydrogen-bond donors (Lipinski definition) is 0. The molecule has 23 rings (SSSR count). The Morgan fingerprint density at radius 1 is 0.198 bits per heavy atom. The third kappa shape index (κ3) is 10.9. The van der Waals surface area contributed by atoms with Gasteiger partial charge in [-0.25, -0.2) is 9.97 Å². The van der Waals surface area contributed by atoms with Crippen LogP contribution in [0.4, 0.5) is 0 Å². The Bertz CT molecular complexity index is 7610. The van der Waals surface area contributed by atoms with Crippen molar-refractivity contribution < 1.29 is 0 Å². The number of para-hydroxylation sites is 2.